The Hall–Kier alpha value is -2.60. The van der Waals surface area contributed by atoms with E-state index in [1.807, 2.05) is 12.1 Å². The third-order valence-corrected chi connectivity index (χ3v) is 4.17. The van der Waals surface area contributed by atoms with Crippen LogP contribution in [-0.4, -0.2) is 11.7 Å². The molecule has 0 heterocycles. The van der Waals surface area contributed by atoms with Gasteiger partial charge in [0, 0.05) is 18.2 Å². The SMILES string of the molecule is C[C@@H](NCc1ccc(C#CCO)cc1)c1cccc2ccccc12. The maximum absolute atomic E-state index is 8.73. The first-order valence-electron chi connectivity index (χ1n) is 8.17. The van der Waals surface area contributed by atoms with Crippen molar-refractivity contribution in [3.8, 4) is 11.8 Å². The van der Waals surface area contributed by atoms with Crippen molar-refractivity contribution >= 4 is 10.8 Å². The average molecular weight is 315 g/mol. The molecule has 0 aromatic heterocycles. The Kier molecular flexibility index (Phi) is 5.28. The molecular weight excluding hydrogens is 294 g/mol. The van der Waals surface area contributed by atoms with Crippen LogP contribution in [0.3, 0.4) is 0 Å². The van der Waals surface area contributed by atoms with Crippen molar-refractivity contribution in [1.29, 1.82) is 0 Å². The second kappa shape index (κ2) is 7.79. The highest BCUT2D eigenvalue weighted by molar-refractivity contribution is 5.86. The molecule has 0 aliphatic rings. The number of aliphatic hydroxyl groups excluding tert-OH is 1. The largest absolute Gasteiger partial charge is 0.384 e. The summed E-state index contributed by atoms with van der Waals surface area (Å²) in [6.07, 6.45) is 0. The van der Waals surface area contributed by atoms with Crippen LogP contribution in [0.5, 0.6) is 0 Å². The van der Waals surface area contributed by atoms with Gasteiger partial charge in [-0.05, 0) is 41.0 Å². The van der Waals surface area contributed by atoms with Gasteiger partial charge >= 0.3 is 0 Å². The molecule has 0 aliphatic carbocycles. The second-order valence-corrected chi connectivity index (χ2v) is 5.83. The van der Waals surface area contributed by atoms with Gasteiger partial charge < -0.3 is 10.4 Å². The molecule has 3 aromatic carbocycles. The molecule has 3 rings (SSSR count). The van der Waals surface area contributed by atoms with Gasteiger partial charge in [0.1, 0.15) is 6.61 Å². The quantitative estimate of drug-likeness (QED) is 0.712. The topological polar surface area (TPSA) is 32.3 Å². The fourth-order valence-corrected chi connectivity index (χ4v) is 2.86. The summed E-state index contributed by atoms with van der Waals surface area (Å²) in [5.41, 5.74) is 3.46. The van der Waals surface area contributed by atoms with Crippen molar-refractivity contribution in [1.82, 2.24) is 5.32 Å². The lowest BCUT2D eigenvalue weighted by Gasteiger charge is -2.16. The lowest BCUT2D eigenvalue weighted by Crippen LogP contribution is -2.18. The highest BCUT2D eigenvalue weighted by atomic mass is 16.2. The third-order valence-electron chi connectivity index (χ3n) is 4.17. The molecule has 0 bridgehead atoms. The van der Waals surface area contributed by atoms with Gasteiger partial charge in [-0.15, -0.1) is 0 Å². The van der Waals surface area contributed by atoms with Crippen molar-refractivity contribution in [3.63, 3.8) is 0 Å². The van der Waals surface area contributed by atoms with Gasteiger partial charge in [-0.25, -0.2) is 0 Å². The number of fused-ring (bicyclic) bond motifs is 1. The van der Waals surface area contributed by atoms with Gasteiger partial charge in [-0.2, -0.15) is 0 Å². The van der Waals surface area contributed by atoms with Crippen LogP contribution in [-0.2, 0) is 6.54 Å². The van der Waals surface area contributed by atoms with Crippen LogP contribution in [0.1, 0.15) is 29.7 Å². The molecule has 2 N–H and O–H groups in total. The zero-order valence-corrected chi connectivity index (χ0v) is 13.8. The number of hydrogen-bond donors (Lipinski definition) is 2. The van der Waals surface area contributed by atoms with Gasteiger partial charge in [0.05, 0.1) is 0 Å². The van der Waals surface area contributed by atoms with Crippen molar-refractivity contribution in [2.24, 2.45) is 0 Å². The van der Waals surface area contributed by atoms with Crippen molar-refractivity contribution < 1.29 is 5.11 Å². The first kappa shape index (κ1) is 16.3. The lowest BCUT2D eigenvalue weighted by molar-refractivity contribution is 0.350. The highest BCUT2D eigenvalue weighted by Gasteiger charge is 2.08. The van der Waals surface area contributed by atoms with Crippen LogP contribution >= 0.6 is 0 Å². The Balaban J connectivity index is 1.69. The molecule has 120 valence electrons. The summed E-state index contributed by atoms with van der Waals surface area (Å²) in [7, 11) is 0. The monoisotopic (exact) mass is 315 g/mol. The summed E-state index contributed by atoms with van der Waals surface area (Å²) < 4.78 is 0. The number of benzene rings is 3. The Morgan fingerprint density at radius 1 is 0.958 bits per heavy atom. The second-order valence-electron chi connectivity index (χ2n) is 5.83. The lowest BCUT2D eigenvalue weighted by atomic mass is 9.99. The van der Waals surface area contributed by atoms with Crippen LogP contribution in [0, 0.1) is 11.8 Å². The standard InChI is InChI=1S/C22H21NO/c1-17(21-10-4-8-20-7-2-3-9-22(20)21)23-16-19-13-11-18(12-14-19)6-5-15-24/h2-4,7-14,17,23-24H,15-16H2,1H3/t17-/m1/s1. The predicted molar refractivity (Wildman–Crippen MR) is 99.6 cm³/mol. The molecule has 0 radical (unpaired) electrons. The van der Waals surface area contributed by atoms with E-state index in [9.17, 15) is 0 Å². The molecule has 2 heteroatoms. The minimum Gasteiger partial charge on any atom is -0.384 e. The summed E-state index contributed by atoms with van der Waals surface area (Å²) in [6.45, 7) is 2.90. The first-order chi connectivity index (χ1) is 11.8. The highest BCUT2D eigenvalue weighted by Crippen LogP contribution is 2.24. The van der Waals surface area contributed by atoms with E-state index < -0.39 is 0 Å². The van der Waals surface area contributed by atoms with E-state index in [-0.39, 0.29) is 12.6 Å². The first-order valence-corrected chi connectivity index (χ1v) is 8.17. The Morgan fingerprint density at radius 3 is 2.50 bits per heavy atom. The van der Waals surface area contributed by atoms with E-state index >= 15 is 0 Å². The Morgan fingerprint density at radius 2 is 1.71 bits per heavy atom. The van der Waals surface area contributed by atoms with Crippen LogP contribution < -0.4 is 5.32 Å². The molecule has 0 amide bonds. The number of rotatable bonds is 4. The van der Waals surface area contributed by atoms with E-state index in [4.69, 9.17) is 5.11 Å². The molecule has 1 atom stereocenters. The minimum atomic E-state index is -0.105. The van der Waals surface area contributed by atoms with E-state index in [0.29, 0.717) is 0 Å². The zero-order valence-electron chi connectivity index (χ0n) is 13.8. The molecule has 0 aliphatic heterocycles. The maximum atomic E-state index is 8.73. The summed E-state index contributed by atoms with van der Waals surface area (Å²) in [6, 6.07) is 23.3. The Labute approximate surface area is 143 Å². The van der Waals surface area contributed by atoms with Gasteiger partial charge in [0.2, 0.25) is 0 Å². The molecule has 0 saturated heterocycles. The van der Waals surface area contributed by atoms with Gasteiger partial charge in [0.15, 0.2) is 0 Å². The van der Waals surface area contributed by atoms with Crippen LogP contribution in [0.25, 0.3) is 10.8 Å². The van der Waals surface area contributed by atoms with Gasteiger partial charge in [-0.1, -0.05) is 66.4 Å². The average Bonchev–Trinajstić information content (AvgIpc) is 2.64. The molecular formula is C22H21NO. The summed E-state index contributed by atoms with van der Waals surface area (Å²) >= 11 is 0. The molecule has 0 spiro atoms. The molecule has 0 saturated carbocycles. The number of nitrogens with one attached hydrogen (secondary N) is 1. The van der Waals surface area contributed by atoms with Gasteiger partial charge in [-0.3, -0.25) is 0 Å². The fraction of sp³-hybridized carbons (Fsp3) is 0.182. The maximum Gasteiger partial charge on any atom is 0.104 e. The van der Waals surface area contributed by atoms with Crippen molar-refractivity contribution in [2.75, 3.05) is 6.61 Å². The smallest absolute Gasteiger partial charge is 0.104 e. The van der Waals surface area contributed by atoms with E-state index in [2.05, 4.69) is 78.7 Å². The molecule has 0 unspecified atom stereocenters. The van der Waals surface area contributed by atoms with E-state index in [0.717, 1.165) is 12.1 Å². The molecule has 0 fully saturated rings. The third kappa shape index (κ3) is 3.83. The summed E-state index contributed by atoms with van der Waals surface area (Å²) in [4.78, 5) is 0. The van der Waals surface area contributed by atoms with Crippen molar-refractivity contribution in [3.05, 3.63) is 83.4 Å². The van der Waals surface area contributed by atoms with Crippen LogP contribution in [0.4, 0.5) is 0 Å². The zero-order chi connectivity index (χ0) is 16.8. The predicted octanol–water partition coefficient (Wildman–Crippen LogP) is 4.03. The molecule has 24 heavy (non-hydrogen) atoms. The summed E-state index contributed by atoms with van der Waals surface area (Å²) in [5, 5.41) is 14.9. The van der Waals surface area contributed by atoms with E-state index in [1.165, 1.54) is 21.9 Å². The normalized spacial score (nSPS) is 11.8. The van der Waals surface area contributed by atoms with E-state index in [1.54, 1.807) is 0 Å². The number of aliphatic hydroxyl groups is 1. The molecule has 2 nitrogen and oxygen atoms in total. The van der Waals surface area contributed by atoms with Crippen LogP contribution in [0.15, 0.2) is 66.7 Å². The minimum absolute atomic E-state index is 0.105. The van der Waals surface area contributed by atoms with Gasteiger partial charge in [0.25, 0.3) is 0 Å². The summed E-state index contributed by atoms with van der Waals surface area (Å²) in [5.74, 6) is 5.57. The fourth-order valence-electron chi connectivity index (χ4n) is 2.86. The Bertz CT molecular complexity index is 866. The van der Waals surface area contributed by atoms with Crippen LogP contribution in [0.2, 0.25) is 0 Å². The molecule has 3 aromatic rings. The number of hydrogen-bond acceptors (Lipinski definition) is 2. The van der Waals surface area contributed by atoms with Crippen molar-refractivity contribution in [2.45, 2.75) is 19.5 Å².